The molecule has 6 heteroatoms. The maximum atomic E-state index is 12.9. The fourth-order valence-electron chi connectivity index (χ4n) is 3.15. The molecular formula is C20H29N3O3. The van der Waals surface area contributed by atoms with Gasteiger partial charge in [0.05, 0.1) is 0 Å². The van der Waals surface area contributed by atoms with Crippen molar-refractivity contribution in [2.45, 2.75) is 52.5 Å². The Hall–Kier alpha value is -2.37. The Bertz CT molecular complexity index is 702. The van der Waals surface area contributed by atoms with E-state index in [1.807, 2.05) is 38.1 Å². The van der Waals surface area contributed by atoms with Crippen molar-refractivity contribution >= 4 is 17.8 Å². The molecule has 1 N–H and O–H groups in total. The Balaban J connectivity index is 2.24. The predicted molar refractivity (Wildman–Crippen MR) is 101 cm³/mol. The molecule has 0 radical (unpaired) electrons. The molecule has 1 aliphatic rings. The lowest BCUT2D eigenvalue weighted by Gasteiger charge is -2.25. The van der Waals surface area contributed by atoms with Crippen molar-refractivity contribution in [2.24, 2.45) is 0 Å². The number of nitrogens with zero attached hydrogens (tertiary/aromatic N) is 2. The van der Waals surface area contributed by atoms with Crippen LogP contribution in [0.4, 0.5) is 4.79 Å². The van der Waals surface area contributed by atoms with E-state index in [0.29, 0.717) is 18.7 Å². The Kier molecular flexibility index (Phi) is 5.44. The standard InChI is InChI=1S/C20H29N3O3/c1-7-22(8-2)16(24)13-23-17(25)20(6,21-18(23)26)15-11-9-14(10-12-15)19(3,4)5/h9-12H,7-8,13H2,1-6H3,(H,21,26). The first kappa shape index (κ1) is 19.9. The largest absolute Gasteiger partial charge is 0.342 e. The second-order valence-electron chi connectivity index (χ2n) is 7.84. The third-order valence-electron chi connectivity index (χ3n) is 5.01. The third kappa shape index (κ3) is 3.59. The summed E-state index contributed by atoms with van der Waals surface area (Å²) in [4.78, 5) is 40.2. The number of carbonyl (C=O) groups is 3. The van der Waals surface area contributed by atoms with Gasteiger partial charge in [-0.1, -0.05) is 45.0 Å². The number of amides is 4. The Morgan fingerprint density at radius 3 is 2.12 bits per heavy atom. The van der Waals surface area contributed by atoms with E-state index in [0.717, 1.165) is 10.5 Å². The minimum absolute atomic E-state index is 0.00455. The molecule has 1 aromatic carbocycles. The molecule has 1 saturated heterocycles. The first-order chi connectivity index (χ1) is 12.0. The van der Waals surface area contributed by atoms with Gasteiger partial charge in [-0.05, 0) is 37.3 Å². The summed E-state index contributed by atoms with van der Waals surface area (Å²) in [5, 5.41) is 2.75. The van der Waals surface area contributed by atoms with Crippen molar-refractivity contribution in [3.05, 3.63) is 35.4 Å². The van der Waals surface area contributed by atoms with Crippen LogP contribution in [0.15, 0.2) is 24.3 Å². The SMILES string of the molecule is CCN(CC)C(=O)CN1C(=O)NC(C)(c2ccc(C(C)(C)C)cc2)C1=O. The molecule has 0 aliphatic carbocycles. The van der Waals surface area contributed by atoms with Crippen molar-refractivity contribution in [1.82, 2.24) is 15.1 Å². The maximum Gasteiger partial charge on any atom is 0.325 e. The second kappa shape index (κ2) is 7.09. The molecule has 1 fully saturated rings. The molecular weight excluding hydrogens is 330 g/mol. The number of carbonyl (C=O) groups excluding carboxylic acids is 3. The summed E-state index contributed by atoms with van der Waals surface area (Å²) < 4.78 is 0. The molecule has 1 aliphatic heterocycles. The molecule has 0 aromatic heterocycles. The molecule has 1 atom stereocenters. The number of hydrogen-bond donors (Lipinski definition) is 1. The Labute approximate surface area is 155 Å². The summed E-state index contributed by atoms with van der Waals surface area (Å²) in [7, 11) is 0. The van der Waals surface area contributed by atoms with Gasteiger partial charge in [-0.3, -0.25) is 14.5 Å². The van der Waals surface area contributed by atoms with Gasteiger partial charge in [0, 0.05) is 13.1 Å². The number of urea groups is 1. The highest BCUT2D eigenvalue weighted by atomic mass is 16.2. The van der Waals surface area contributed by atoms with Crippen molar-refractivity contribution < 1.29 is 14.4 Å². The van der Waals surface area contributed by atoms with Crippen molar-refractivity contribution in [1.29, 1.82) is 0 Å². The van der Waals surface area contributed by atoms with E-state index in [2.05, 4.69) is 26.1 Å². The molecule has 1 unspecified atom stereocenters. The third-order valence-corrected chi connectivity index (χ3v) is 5.01. The van der Waals surface area contributed by atoms with E-state index in [1.54, 1.807) is 11.8 Å². The molecule has 6 nitrogen and oxygen atoms in total. The fourth-order valence-corrected chi connectivity index (χ4v) is 3.15. The number of nitrogens with one attached hydrogen (secondary N) is 1. The molecule has 26 heavy (non-hydrogen) atoms. The quantitative estimate of drug-likeness (QED) is 0.822. The molecule has 4 amide bonds. The van der Waals surface area contributed by atoms with Gasteiger partial charge < -0.3 is 10.2 Å². The highest BCUT2D eigenvalue weighted by molar-refractivity contribution is 6.09. The zero-order valence-electron chi connectivity index (χ0n) is 16.5. The van der Waals surface area contributed by atoms with Gasteiger partial charge in [0.2, 0.25) is 5.91 Å². The predicted octanol–water partition coefficient (Wildman–Crippen LogP) is 2.62. The minimum atomic E-state index is -1.16. The molecule has 1 aromatic rings. The van der Waals surface area contributed by atoms with Crippen LogP contribution in [-0.4, -0.2) is 47.3 Å². The molecule has 1 heterocycles. The lowest BCUT2D eigenvalue weighted by atomic mass is 9.84. The van der Waals surface area contributed by atoms with E-state index in [4.69, 9.17) is 0 Å². The summed E-state index contributed by atoms with van der Waals surface area (Å²) in [6, 6.07) is 7.16. The number of hydrogen-bond acceptors (Lipinski definition) is 3. The van der Waals surface area contributed by atoms with E-state index in [-0.39, 0.29) is 17.9 Å². The van der Waals surface area contributed by atoms with Gasteiger partial charge in [0.25, 0.3) is 5.91 Å². The van der Waals surface area contributed by atoms with Crippen LogP contribution in [-0.2, 0) is 20.5 Å². The van der Waals surface area contributed by atoms with E-state index in [9.17, 15) is 14.4 Å². The van der Waals surface area contributed by atoms with Crippen LogP contribution in [0.25, 0.3) is 0 Å². The number of likely N-dealkylation sites (N-methyl/N-ethyl adjacent to an activating group) is 1. The van der Waals surface area contributed by atoms with Crippen LogP contribution in [0.3, 0.4) is 0 Å². The molecule has 0 bridgehead atoms. The van der Waals surface area contributed by atoms with Crippen LogP contribution in [0, 0.1) is 0 Å². The van der Waals surface area contributed by atoms with Crippen LogP contribution in [0.2, 0.25) is 0 Å². The molecule has 0 spiro atoms. The average Bonchev–Trinajstić information content (AvgIpc) is 2.79. The minimum Gasteiger partial charge on any atom is -0.342 e. The summed E-state index contributed by atoms with van der Waals surface area (Å²) in [5.74, 6) is -0.627. The smallest absolute Gasteiger partial charge is 0.325 e. The van der Waals surface area contributed by atoms with Gasteiger partial charge in [0.15, 0.2) is 0 Å². The topological polar surface area (TPSA) is 69.7 Å². The van der Waals surface area contributed by atoms with Crippen molar-refractivity contribution in [3.63, 3.8) is 0 Å². The summed E-state index contributed by atoms with van der Waals surface area (Å²) >= 11 is 0. The zero-order chi connectivity index (χ0) is 19.7. The molecule has 142 valence electrons. The highest BCUT2D eigenvalue weighted by Gasteiger charge is 2.49. The monoisotopic (exact) mass is 359 g/mol. The van der Waals surface area contributed by atoms with Gasteiger partial charge in [-0.25, -0.2) is 4.79 Å². The van der Waals surface area contributed by atoms with Crippen LogP contribution in [0.1, 0.15) is 52.7 Å². The lowest BCUT2D eigenvalue weighted by Crippen LogP contribution is -2.44. The Morgan fingerprint density at radius 1 is 1.12 bits per heavy atom. The number of rotatable bonds is 5. The number of benzene rings is 1. The van der Waals surface area contributed by atoms with E-state index < -0.39 is 17.5 Å². The van der Waals surface area contributed by atoms with E-state index >= 15 is 0 Å². The summed E-state index contributed by atoms with van der Waals surface area (Å²) in [5.41, 5.74) is 0.707. The molecule has 2 rings (SSSR count). The van der Waals surface area contributed by atoms with Crippen molar-refractivity contribution in [3.8, 4) is 0 Å². The second-order valence-corrected chi connectivity index (χ2v) is 7.84. The van der Waals surface area contributed by atoms with Gasteiger partial charge >= 0.3 is 6.03 Å². The highest BCUT2D eigenvalue weighted by Crippen LogP contribution is 2.31. The fraction of sp³-hybridized carbons (Fsp3) is 0.550. The average molecular weight is 359 g/mol. The summed E-state index contributed by atoms with van der Waals surface area (Å²) in [6.07, 6.45) is 0. The van der Waals surface area contributed by atoms with Crippen LogP contribution < -0.4 is 5.32 Å². The molecule has 0 saturated carbocycles. The van der Waals surface area contributed by atoms with E-state index in [1.165, 1.54) is 0 Å². The lowest BCUT2D eigenvalue weighted by molar-refractivity contribution is -0.138. The maximum absolute atomic E-state index is 12.9. The Morgan fingerprint density at radius 2 is 1.65 bits per heavy atom. The van der Waals surface area contributed by atoms with Crippen molar-refractivity contribution in [2.75, 3.05) is 19.6 Å². The first-order valence-corrected chi connectivity index (χ1v) is 9.07. The number of imide groups is 1. The van der Waals surface area contributed by atoms with Gasteiger partial charge in [-0.2, -0.15) is 0 Å². The van der Waals surface area contributed by atoms with Crippen LogP contribution in [0.5, 0.6) is 0 Å². The normalized spacial score (nSPS) is 20.3. The van der Waals surface area contributed by atoms with Gasteiger partial charge in [-0.15, -0.1) is 0 Å². The summed E-state index contributed by atoms with van der Waals surface area (Å²) in [6.45, 7) is 12.6. The first-order valence-electron chi connectivity index (χ1n) is 9.07. The van der Waals surface area contributed by atoms with Crippen LogP contribution >= 0.6 is 0 Å². The zero-order valence-corrected chi connectivity index (χ0v) is 16.5. The van der Waals surface area contributed by atoms with Gasteiger partial charge in [0.1, 0.15) is 12.1 Å².